The van der Waals surface area contributed by atoms with E-state index in [0.29, 0.717) is 18.9 Å². The van der Waals surface area contributed by atoms with Gasteiger partial charge >= 0.3 is 0 Å². The molecule has 0 spiro atoms. The smallest absolute Gasteiger partial charge is 0.229 e. The minimum Gasteiger partial charge on any atom is -0.310 e. The van der Waals surface area contributed by atoms with E-state index in [1.165, 1.54) is 0 Å². The molecule has 0 radical (unpaired) electrons. The van der Waals surface area contributed by atoms with Crippen LogP contribution < -0.4 is 4.90 Å². The zero-order chi connectivity index (χ0) is 12.8. The first kappa shape index (κ1) is 12.1. The highest BCUT2D eigenvalue weighted by molar-refractivity contribution is 5.56. The zero-order valence-electron chi connectivity index (χ0n) is 10.2. The van der Waals surface area contributed by atoms with Gasteiger partial charge in [0, 0.05) is 24.6 Å². The van der Waals surface area contributed by atoms with Crippen LogP contribution in [0.2, 0.25) is 0 Å². The summed E-state index contributed by atoms with van der Waals surface area (Å²) in [6, 6.07) is 12.0. The molecule has 2 aromatic rings. The molecule has 18 heavy (non-hydrogen) atoms. The van der Waals surface area contributed by atoms with Crippen LogP contribution in [-0.4, -0.2) is 16.5 Å². The number of nitriles is 1. The lowest BCUT2D eigenvalue weighted by Crippen LogP contribution is -2.20. The molecule has 1 heterocycles. The molecular weight excluding hydrogens is 224 g/mol. The molecule has 0 aliphatic carbocycles. The fourth-order valence-electron chi connectivity index (χ4n) is 1.64. The van der Waals surface area contributed by atoms with Gasteiger partial charge in [-0.25, -0.2) is 9.97 Å². The van der Waals surface area contributed by atoms with E-state index in [9.17, 15) is 0 Å². The van der Waals surface area contributed by atoms with Crippen molar-refractivity contribution in [2.24, 2.45) is 0 Å². The van der Waals surface area contributed by atoms with Crippen molar-refractivity contribution in [1.82, 2.24) is 9.97 Å². The van der Waals surface area contributed by atoms with Crippen molar-refractivity contribution < 1.29 is 0 Å². The minimum absolute atomic E-state index is 0.437. The molecule has 0 saturated heterocycles. The first-order valence-corrected chi connectivity index (χ1v) is 5.79. The van der Waals surface area contributed by atoms with Gasteiger partial charge in [0.25, 0.3) is 0 Å². The van der Waals surface area contributed by atoms with Crippen molar-refractivity contribution >= 4 is 11.6 Å². The van der Waals surface area contributed by atoms with Gasteiger partial charge in [-0.1, -0.05) is 18.2 Å². The second-order valence-electron chi connectivity index (χ2n) is 3.96. The van der Waals surface area contributed by atoms with E-state index in [1.54, 1.807) is 12.4 Å². The Hall–Kier alpha value is -2.41. The highest BCUT2D eigenvalue weighted by Crippen LogP contribution is 2.21. The van der Waals surface area contributed by atoms with Crippen LogP contribution in [0.1, 0.15) is 12.0 Å². The Labute approximate surface area is 107 Å². The molecule has 0 bridgehead atoms. The maximum absolute atomic E-state index is 8.74. The summed E-state index contributed by atoms with van der Waals surface area (Å²) < 4.78 is 0. The predicted octanol–water partition coefficient (Wildman–Crippen LogP) is 2.84. The summed E-state index contributed by atoms with van der Waals surface area (Å²) in [6.07, 6.45) is 4.00. The number of aryl methyl sites for hydroxylation is 1. The monoisotopic (exact) mass is 238 g/mol. The molecule has 0 N–H and O–H groups in total. The highest BCUT2D eigenvalue weighted by Gasteiger charge is 2.10. The van der Waals surface area contributed by atoms with Gasteiger partial charge in [0.2, 0.25) is 5.95 Å². The molecule has 0 atom stereocenters. The number of nitrogens with zero attached hydrogens (tertiary/aromatic N) is 4. The lowest BCUT2D eigenvalue weighted by Gasteiger charge is -2.21. The van der Waals surface area contributed by atoms with Crippen molar-refractivity contribution in [2.45, 2.75) is 13.3 Å². The number of benzene rings is 1. The number of hydrogen-bond acceptors (Lipinski definition) is 4. The molecule has 0 amide bonds. The standard InChI is InChI=1S/C14H14N4/c1-12-10-16-14(17-11-12)18(9-5-8-15)13-6-3-2-4-7-13/h2-4,6-7,10-11H,5,9H2,1H3. The molecule has 90 valence electrons. The normalized spacial score (nSPS) is 9.78. The summed E-state index contributed by atoms with van der Waals surface area (Å²) >= 11 is 0. The third-order valence-electron chi connectivity index (χ3n) is 2.52. The van der Waals surface area contributed by atoms with Crippen molar-refractivity contribution in [1.29, 1.82) is 5.26 Å². The molecule has 0 aliphatic heterocycles. The molecule has 4 heteroatoms. The second-order valence-corrected chi connectivity index (χ2v) is 3.96. The lowest BCUT2D eigenvalue weighted by atomic mass is 10.3. The average Bonchev–Trinajstić information content (AvgIpc) is 2.42. The van der Waals surface area contributed by atoms with Crippen LogP contribution in [0, 0.1) is 18.3 Å². The van der Waals surface area contributed by atoms with E-state index in [0.717, 1.165) is 11.3 Å². The average molecular weight is 238 g/mol. The Kier molecular flexibility index (Phi) is 3.87. The Balaban J connectivity index is 2.31. The van der Waals surface area contributed by atoms with Gasteiger partial charge in [-0.3, -0.25) is 0 Å². The van der Waals surface area contributed by atoms with Gasteiger partial charge in [-0.15, -0.1) is 0 Å². The predicted molar refractivity (Wildman–Crippen MR) is 70.4 cm³/mol. The summed E-state index contributed by atoms with van der Waals surface area (Å²) in [5, 5.41) is 8.74. The largest absolute Gasteiger partial charge is 0.310 e. The Morgan fingerprint density at radius 1 is 1.17 bits per heavy atom. The van der Waals surface area contributed by atoms with Crippen LogP contribution in [0.5, 0.6) is 0 Å². The number of rotatable bonds is 4. The van der Waals surface area contributed by atoms with E-state index < -0.39 is 0 Å². The van der Waals surface area contributed by atoms with E-state index in [2.05, 4.69) is 16.0 Å². The first-order valence-electron chi connectivity index (χ1n) is 5.79. The van der Waals surface area contributed by atoms with E-state index in [1.807, 2.05) is 42.2 Å². The van der Waals surface area contributed by atoms with E-state index in [4.69, 9.17) is 5.26 Å². The summed E-state index contributed by atoms with van der Waals surface area (Å²) in [6.45, 7) is 2.54. The fraction of sp³-hybridized carbons (Fsp3) is 0.214. The fourth-order valence-corrected chi connectivity index (χ4v) is 1.64. The second kappa shape index (κ2) is 5.78. The number of aromatic nitrogens is 2. The maximum atomic E-state index is 8.74. The van der Waals surface area contributed by atoms with Crippen molar-refractivity contribution in [3.63, 3.8) is 0 Å². The summed E-state index contributed by atoms with van der Waals surface area (Å²) in [4.78, 5) is 10.6. The van der Waals surface area contributed by atoms with Gasteiger partial charge in [0.1, 0.15) is 0 Å². The Morgan fingerprint density at radius 2 is 1.83 bits per heavy atom. The third-order valence-corrected chi connectivity index (χ3v) is 2.52. The summed E-state index contributed by atoms with van der Waals surface area (Å²) in [5.41, 5.74) is 2.02. The molecule has 1 aromatic carbocycles. The van der Waals surface area contributed by atoms with Gasteiger partial charge < -0.3 is 4.90 Å². The van der Waals surface area contributed by atoms with Crippen LogP contribution in [-0.2, 0) is 0 Å². The zero-order valence-corrected chi connectivity index (χ0v) is 10.2. The third kappa shape index (κ3) is 2.83. The Bertz CT molecular complexity index is 528. The molecule has 1 aromatic heterocycles. The molecule has 0 unspecified atom stereocenters. The first-order chi connectivity index (χ1) is 8.81. The Morgan fingerprint density at radius 3 is 2.44 bits per heavy atom. The minimum atomic E-state index is 0.437. The van der Waals surface area contributed by atoms with Gasteiger partial charge in [0.05, 0.1) is 12.5 Å². The molecule has 4 nitrogen and oxygen atoms in total. The number of hydrogen-bond donors (Lipinski definition) is 0. The number of para-hydroxylation sites is 1. The molecular formula is C14H14N4. The van der Waals surface area contributed by atoms with E-state index >= 15 is 0 Å². The van der Waals surface area contributed by atoms with Gasteiger partial charge in [0.15, 0.2) is 0 Å². The summed E-state index contributed by atoms with van der Waals surface area (Å²) in [5.74, 6) is 0.627. The highest BCUT2D eigenvalue weighted by atomic mass is 15.2. The molecule has 0 aliphatic rings. The topological polar surface area (TPSA) is 52.8 Å². The molecule has 2 rings (SSSR count). The van der Waals surface area contributed by atoms with Crippen LogP contribution in [0.3, 0.4) is 0 Å². The van der Waals surface area contributed by atoms with Gasteiger partial charge in [-0.2, -0.15) is 5.26 Å². The van der Waals surface area contributed by atoms with Crippen LogP contribution in [0.4, 0.5) is 11.6 Å². The van der Waals surface area contributed by atoms with Crippen LogP contribution >= 0.6 is 0 Å². The molecule has 0 saturated carbocycles. The summed E-state index contributed by atoms with van der Waals surface area (Å²) in [7, 11) is 0. The maximum Gasteiger partial charge on any atom is 0.229 e. The molecule has 0 fully saturated rings. The lowest BCUT2D eigenvalue weighted by molar-refractivity contribution is 0.895. The van der Waals surface area contributed by atoms with Gasteiger partial charge in [-0.05, 0) is 24.6 Å². The van der Waals surface area contributed by atoms with Crippen molar-refractivity contribution in [3.05, 3.63) is 48.3 Å². The van der Waals surface area contributed by atoms with Crippen LogP contribution in [0.25, 0.3) is 0 Å². The van der Waals surface area contributed by atoms with Crippen LogP contribution in [0.15, 0.2) is 42.7 Å². The number of anilines is 2. The van der Waals surface area contributed by atoms with Crippen molar-refractivity contribution in [2.75, 3.05) is 11.4 Å². The van der Waals surface area contributed by atoms with Crippen molar-refractivity contribution in [3.8, 4) is 6.07 Å². The van der Waals surface area contributed by atoms with E-state index in [-0.39, 0.29) is 0 Å². The quantitative estimate of drug-likeness (QED) is 0.821. The SMILES string of the molecule is Cc1cnc(N(CCC#N)c2ccccc2)nc1.